The van der Waals surface area contributed by atoms with Gasteiger partial charge in [-0.25, -0.2) is 4.98 Å². The molecular formula is C12H13N3S. The third kappa shape index (κ3) is 1.80. The summed E-state index contributed by atoms with van der Waals surface area (Å²) in [5, 5.41) is 4.17. The van der Waals surface area contributed by atoms with Crippen LogP contribution in [-0.4, -0.2) is 9.36 Å². The first-order chi connectivity index (χ1) is 7.81. The Morgan fingerprint density at radius 2 is 2.12 bits per heavy atom. The van der Waals surface area contributed by atoms with Gasteiger partial charge in [-0.3, -0.25) is 0 Å². The number of hydrogen-bond donors (Lipinski definition) is 1. The standard InChI is InChI=1S/C12H13N3S/c1-8-13-12(16-15-8)14-11-6-5-9-3-2-4-10(9)7-11/h5-7H,2-4H2,1H3,(H,13,14,15). The van der Waals surface area contributed by atoms with E-state index in [-0.39, 0.29) is 0 Å². The Labute approximate surface area is 98.7 Å². The number of aryl methyl sites for hydroxylation is 3. The molecule has 0 unspecified atom stereocenters. The van der Waals surface area contributed by atoms with Crippen molar-refractivity contribution in [1.82, 2.24) is 9.36 Å². The van der Waals surface area contributed by atoms with Crippen molar-refractivity contribution >= 4 is 22.4 Å². The zero-order valence-electron chi connectivity index (χ0n) is 9.16. The summed E-state index contributed by atoms with van der Waals surface area (Å²) in [7, 11) is 0. The monoisotopic (exact) mass is 231 g/mol. The van der Waals surface area contributed by atoms with Gasteiger partial charge in [0.15, 0.2) is 0 Å². The van der Waals surface area contributed by atoms with Gasteiger partial charge in [-0.15, -0.1) is 0 Å². The lowest BCUT2D eigenvalue weighted by Crippen LogP contribution is -1.91. The molecule has 0 radical (unpaired) electrons. The highest BCUT2D eigenvalue weighted by atomic mass is 32.1. The summed E-state index contributed by atoms with van der Waals surface area (Å²) in [5.41, 5.74) is 4.10. The zero-order chi connectivity index (χ0) is 11.0. The van der Waals surface area contributed by atoms with Gasteiger partial charge in [-0.1, -0.05) is 6.07 Å². The number of hydrogen-bond acceptors (Lipinski definition) is 4. The van der Waals surface area contributed by atoms with E-state index in [1.54, 1.807) is 0 Å². The lowest BCUT2D eigenvalue weighted by atomic mass is 10.1. The third-order valence-electron chi connectivity index (χ3n) is 2.88. The molecule has 0 saturated heterocycles. The summed E-state index contributed by atoms with van der Waals surface area (Å²) in [6.07, 6.45) is 3.73. The molecule has 3 nitrogen and oxygen atoms in total. The van der Waals surface area contributed by atoms with Crippen LogP contribution >= 0.6 is 11.5 Å². The van der Waals surface area contributed by atoms with Gasteiger partial charge < -0.3 is 5.32 Å². The van der Waals surface area contributed by atoms with E-state index in [1.165, 1.54) is 41.9 Å². The van der Waals surface area contributed by atoms with Gasteiger partial charge in [0.1, 0.15) is 5.82 Å². The van der Waals surface area contributed by atoms with E-state index in [2.05, 4.69) is 32.9 Å². The first-order valence-electron chi connectivity index (χ1n) is 5.50. The molecule has 1 aliphatic rings. The Kier molecular flexibility index (Phi) is 2.36. The van der Waals surface area contributed by atoms with Crippen LogP contribution in [0.4, 0.5) is 10.8 Å². The SMILES string of the molecule is Cc1nsc(Nc2ccc3c(c2)CCC3)n1. The second-order valence-electron chi connectivity index (χ2n) is 4.11. The minimum absolute atomic E-state index is 0.827. The van der Waals surface area contributed by atoms with E-state index >= 15 is 0 Å². The Morgan fingerprint density at radius 3 is 2.94 bits per heavy atom. The predicted molar refractivity (Wildman–Crippen MR) is 66.4 cm³/mol. The molecule has 0 amide bonds. The Balaban J connectivity index is 1.85. The van der Waals surface area contributed by atoms with Crippen molar-refractivity contribution in [2.24, 2.45) is 0 Å². The Bertz CT molecular complexity index is 519. The van der Waals surface area contributed by atoms with Crippen LogP contribution in [0.1, 0.15) is 23.4 Å². The molecule has 16 heavy (non-hydrogen) atoms. The Morgan fingerprint density at radius 1 is 1.25 bits per heavy atom. The van der Waals surface area contributed by atoms with E-state index in [0.717, 1.165) is 16.6 Å². The molecule has 1 aromatic heterocycles. The molecule has 0 fully saturated rings. The van der Waals surface area contributed by atoms with Gasteiger partial charge in [0.2, 0.25) is 5.13 Å². The minimum Gasteiger partial charge on any atom is -0.330 e. The molecule has 1 aliphatic carbocycles. The molecular weight excluding hydrogens is 218 g/mol. The summed E-state index contributed by atoms with van der Waals surface area (Å²) >= 11 is 1.41. The van der Waals surface area contributed by atoms with E-state index in [0.29, 0.717) is 0 Å². The summed E-state index contributed by atoms with van der Waals surface area (Å²) in [5.74, 6) is 0.827. The van der Waals surface area contributed by atoms with Crippen molar-refractivity contribution in [2.45, 2.75) is 26.2 Å². The predicted octanol–water partition coefficient (Wildman–Crippen LogP) is 3.08. The maximum atomic E-state index is 4.30. The Hall–Kier alpha value is -1.42. The maximum Gasteiger partial charge on any atom is 0.207 e. The number of nitrogens with one attached hydrogen (secondary N) is 1. The van der Waals surface area contributed by atoms with E-state index in [4.69, 9.17) is 0 Å². The average molecular weight is 231 g/mol. The lowest BCUT2D eigenvalue weighted by molar-refractivity contribution is 0.912. The van der Waals surface area contributed by atoms with E-state index in [1.807, 2.05) is 6.92 Å². The topological polar surface area (TPSA) is 37.8 Å². The largest absolute Gasteiger partial charge is 0.330 e. The molecule has 1 heterocycles. The molecule has 4 heteroatoms. The van der Waals surface area contributed by atoms with E-state index < -0.39 is 0 Å². The van der Waals surface area contributed by atoms with Gasteiger partial charge in [-0.2, -0.15) is 4.37 Å². The van der Waals surface area contributed by atoms with Crippen molar-refractivity contribution < 1.29 is 0 Å². The molecule has 0 bridgehead atoms. The smallest absolute Gasteiger partial charge is 0.207 e. The molecule has 1 N–H and O–H groups in total. The second kappa shape index (κ2) is 3.87. The second-order valence-corrected chi connectivity index (χ2v) is 4.86. The summed E-state index contributed by atoms with van der Waals surface area (Å²) in [4.78, 5) is 4.30. The number of nitrogens with zero attached hydrogens (tertiary/aromatic N) is 2. The van der Waals surface area contributed by atoms with Crippen LogP contribution in [0.15, 0.2) is 18.2 Å². The van der Waals surface area contributed by atoms with Crippen molar-refractivity contribution in [2.75, 3.05) is 5.32 Å². The summed E-state index contributed by atoms with van der Waals surface area (Å²) < 4.78 is 4.15. The van der Waals surface area contributed by atoms with Crippen molar-refractivity contribution in [3.05, 3.63) is 35.2 Å². The van der Waals surface area contributed by atoms with E-state index in [9.17, 15) is 0 Å². The quantitative estimate of drug-likeness (QED) is 0.863. The van der Waals surface area contributed by atoms with Gasteiger partial charge >= 0.3 is 0 Å². The van der Waals surface area contributed by atoms with Crippen LogP contribution in [-0.2, 0) is 12.8 Å². The number of anilines is 2. The molecule has 0 saturated carbocycles. The fourth-order valence-electron chi connectivity index (χ4n) is 2.12. The van der Waals surface area contributed by atoms with Gasteiger partial charge in [-0.05, 0) is 49.4 Å². The third-order valence-corrected chi connectivity index (χ3v) is 3.60. The highest BCUT2D eigenvalue weighted by molar-refractivity contribution is 7.09. The molecule has 3 rings (SSSR count). The fraction of sp³-hybridized carbons (Fsp3) is 0.333. The van der Waals surface area contributed by atoms with Crippen molar-refractivity contribution in [3.63, 3.8) is 0 Å². The van der Waals surface area contributed by atoms with Crippen LogP contribution in [0.3, 0.4) is 0 Å². The van der Waals surface area contributed by atoms with Gasteiger partial charge in [0.25, 0.3) is 0 Å². The van der Waals surface area contributed by atoms with Crippen LogP contribution < -0.4 is 5.32 Å². The van der Waals surface area contributed by atoms with Crippen molar-refractivity contribution in [1.29, 1.82) is 0 Å². The normalized spacial score (nSPS) is 13.8. The van der Waals surface area contributed by atoms with Crippen LogP contribution in [0.5, 0.6) is 0 Å². The molecule has 0 spiro atoms. The number of fused-ring (bicyclic) bond motifs is 1. The molecule has 0 aliphatic heterocycles. The highest BCUT2D eigenvalue weighted by Crippen LogP contribution is 2.26. The van der Waals surface area contributed by atoms with Crippen LogP contribution in [0.2, 0.25) is 0 Å². The average Bonchev–Trinajstić information content (AvgIpc) is 2.87. The first kappa shape index (κ1) is 9.78. The first-order valence-corrected chi connectivity index (χ1v) is 6.28. The lowest BCUT2D eigenvalue weighted by Gasteiger charge is -2.04. The summed E-state index contributed by atoms with van der Waals surface area (Å²) in [6.45, 7) is 1.91. The summed E-state index contributed by atoms with van der Waals surface area (Å²) in [6, 6.07) is 6.58. The number of rotatable bonds is 2. The molecule has 82 valence electrons. The van der Waals surface area contributed by atoms with Crippen LogP contribution in [0, 0.1) is 6.92 Å². The molecule has 2 aromatic rings. The molecule has 0 atom stereocenters. The minimum atomic E-state index is 0.827. The fourth-order valence-corrected chi connectivity index (χ4v) is 2.72. The highest BCUT2D eigenvalue weighted by Gasteiger charge is 2.11. The number of aromatic nitrogens is 2. The van der Waals surface area contributed by atoms with Gasteiger partial charge in [0.05, 0.1) is 0 Å². The zero-order valence-corrected chi connectivity index (χ0v) is 9.97. The van der Waals surface area contributed by atoms with Gasteiger partial charge in [0, 0.05) is 17.2 Å². The maximum absolute atomic E-state index is 4.30. The van der Waals surface area contributed by atoms with Crippen LogP contribution in [0.25, 0.3) is 0 Å². The molecule has 1 aromatic carbocycles. The number of benzene rings is 1. The van der Waals surface area contributed by atoms with Crippen molar-refractivity contribution in [3.8, 4) is 0 Å².